The second-order valence-electron chi connectivity index (χ2n) is 5.54. The molecule has 8 heteroatoms. The molecule has 1 aromatic heterocycles. The molecule has 2 N–H and O–H groups in total. The Balaban J connectivity index is 1.81. The highest BCUT2D eigenvalue weighted by atomic mass is 79.9. The number of halogens is 1. The smallest absolute Gasteiger partial charge is 0.311 e. The van der Waals surface area contributed by atoms with E-state index in [-0.39, 0.29) is 17.8 Å². The van der Waals surface area contributed by atoms with Gasteiger partial charge in [0.05, 0.1) is 33.4 Å². The van der Waals surface area contributed by atoms with Crippen LogP contribution in [0.2, 0.25) is 0 Å². The molecule has 1 saturated heterocycles. The largest absolute Gasteiger partial charge is 0.391 e. The molecule has 1 aliphatic rings. The van der Waals surface area contributed by atoms with Gasteiger partial charge >= 0.3 is 5.69 Å². The number of benzene rings is 1. The van der Waals surface area contributed by atoms with Gasteiger partial charge in [-0.05, 0) is 47.4 Å². The standard InChI is InChI=1S/C15H17BrN4O3/c16-10-5-6-12-14(15(10)20(22)23)18-9-19(12)8-2-3-11-13(21)4-1-7-17-11/h2-3,5-6,9,11,13,17,21H,1,4,7-8H2/b3-2+/t11-,13+/m1/s1. The molecule has 0 aliphatic carbocycles. The van der Waals surface area contributed by atoms with Crippen LogP contribution < -0.4 is 5.32 Å². The lowest BCUT2D eigenvalue weighted by Crippen LogP contribution is -2.43. The molecule has 2 aromatic rings. The van der Waals surface area contributed by atoms with Crippen molar-refractivity contribution in [3.05, 3.63) is 45.2 Å². The Kier molecular flexibility index (Phi) is 4.74. The molecule has 23 heavy (non-hydrogen) atoms. The van der Waals surface area contributed by atoms with Gasteiger partial charge in [-0.25, -0.2) is 4.98 Å². The SMILES string of the molecule is O=[N+]([O-])c1c(Br)ccc2c1ncn2C/C=C/[C@H]1NCCC[C@@H]1O. The van der Waals surface area contributed by atoms with Gasteiger partial charge in [0, 0.05) is 6.54 Å². The van der Waals surface area contributed by atoms with Crippen LogP contribution in [0.15, 0.2) is 35.1 Å². The van der Waals surface area contributed by atoms with E-state index in [9.17, 15) is 15.2 Å². The average molecular weight is 381 g/mol. The minimum Gasteiger partial charge on any atom is -0.391 e. The molecule has 0 unspecified atom stereocenters. The molecule has 3 rings (SSSR count). The zero-order valence-electron chi connectivity index (χ0n) is 12.4. The summed E-state index contributed by atoms with van der Waals surface area (Å²) in [6, 6.07) is 3.43. The third-order valence-corrected chi connectivity index (χ3v) is 4.66. The fourth-order valence-corrected chi connectivity index (χ4v) is 3.29. The summed E-state index contributed by atoms with van der Waals surface area (Å²) in [6.07, 6.45) is 6.91. The number of piperidine rings is 1. The maximum atomic E-state index is 11.2. The third kappa shape index (κ3) is 3.29. The summed E-state index contributed by atoms with van der Waals surface area (Å²) >= 11 is 3.20. The Morgan fingerprint density at radius 2 is 2.39 bits per heavy atom. The van der Waals surface area contributed by atoms with Crippen LogP contribution in [0.25, 0.3) is 11.0 Å². The van der Waals surface area contributed by atoms with Gasteiger partial charge in [0.2, 0.25) is 0 Å². The molecular formula is C15H17BrN4O3. The van der Waals surface area contributed by atoms with Crippen molar-refractivity contribution >= 4 is 32.7 Å². The zero-order valence-corrected chi connectivity index (χ0v) is 13.9. The summed E-state index contributed by atoms with van der Waals surface area (Å²) in [6.45, 7) is 1.44. The summed E-state index contributed by atoms with van der Waals surface area (Å²) in [5, 5.41) is 24.4. The number of hydrogen-bond donors (Lipinski definition) is 2. The number of aromatic nitrogens is 2. The van der Waals surface area contributed by atoms with E-state index in [2.05, 4.69) is 26.2 Å². The molecule has 122 valence electrons. The zero-order chi connectivity index (χ0) is 16.4. The molecule has 2 heterocycles. The molecule has 1 fully saturated rings. The predicted molar refractivity (Wildman–Crippen MR) is 90.3 cm³/mol. The second kappa shape index (κ2) is 6.77. The van der Waals surface area contributed by atoms with Gasteiger partial charge in [0.15, 0.2) is 5.52 Å². The highest BCUT2D eigenvalue weighted by Gasteiger charge is 2.21. The van der Waals surface area contributed by atoms with Gasteiger partial charge in [-0.3, -0.25) is 10.1 Å². The second-order valence-corrected chi connectivity index (χ2v) is 6.39. The number of rotatable bonds is 4. The van der Waals surface area contributed by atoms with Crippen LogP contribution in [0, 0.1) is 10.1 Å². The number of nitrogens with one attached hydrogen (secondary N) is 1. The molecule has 0 radical (unpaired) electrons. The van der Waals surface area contributed by atoms with E-state index in [1.54, 1.807) is 18.5 Å². The Labute approximate surface area is 141 Å². The molecule has 1 aromatic carbocycles. The van der Waals surface area contributed by atoms with Crippen molar-refractivity contribution in [2.75, 3.05) is 6.54 Å². The van der Waals surface area contributed by atoms with Gasteiger partial charge in [-0.2, -0.15) is 0 Å². The first-order valence-electron chi connectivity index (χ1n) is 7.44. The lowest BCUT2D eigenvalue weighted by molar-refractivity contribution is -0.384. The molecule has 0 amide bonds. The summed E-state index contributed by atoms with van der Waals surface area (Å²) in [5.74, 6) is 0. The fraction of sp³-hybridized carbons (Fsp3) is 0.400. The van der Waals surface area contributed by atoms with Crippen molar-refractivity contribution in [3.8, 4) is 0 Å². The van der Waals surface area contributed by atoms with E-state index >= 15 is 0 Å². The summed E-state index contributed by atoms with van der Waals surface area (Å²) in [7, 11) is 0. The van der Waals surface area contributed by atoms with E-state index < -0.39 is 4.92 Å². The van der Waals surface area contributed by atoms with Crippen molar-refractivity contribution in [2.45, 2.75) is 31.5 Å². The number of hydrogen-bond acceptors (Lipinski definition) is 5. The number of imidazole rings is 1. The van der Waals surface area contributed by atoms with Crippen LogP contribution in [0.5, 0.6) is 0 Å². The van der Waals surface area contributed by atoms with Crippen molar-refractivity contribution in [1.82, 2.24) is 14.9 Å². The minimum absolute atomic E-state index is 0.0189. The molecule has 0 saturated carbocycles. The van der Waals surface area contributed by atoms with Crippen LogP contribution in [0.1, 0.15) is 12.8 Å². The Morgan fingerprint density at radius 3 is 3.13 bits per heavy atom. The average Bonchev–Trinajstić information content (AvgIpc) is 2.91. The normalized spacial score (nSPS) is 22.0. The van der Waals surface area contributed by atoms with Crippen molar-refractivity contribution in [3.63, 3.8) is 0 Å². The van der Waals surface area contributed by atoms with Crippen LogP contribution >= 0.6 is 15.9 Å². The van der Waals surface area contributed by atoms with E-state index in [0.717, 1.165) is 19.4 Å². The van der Waals surface area contributed by atoms with E-state index in [1.165, 1.54) is 0 Å². The first-order valence-corrected chi connectivity index (χ1v) is 8.23. The molecule has 0 bridgehead atoms. The molecule has 7 nitrogen and oxygen atoms in total. The van der Waals surface area contributed by atoms with Crippen molar-refractivity contribution < 1.29 is 10.0 Å². The Hall–Kier alpha value is -1.77. The number of allylic oxidation sites excluding steroid dienone is 1. The van der Waals surface area contributed by atoms with Gasteiger partial charge in [0.25, 0.3) is 0 Å². The predicted octanol–water partition coefficient (Wildman–Crippen LogP) is 2.38. The lowest BCUT2D eigenvalue weighted by Gasteiger charge is -2.26. The summed E-state index contributed by atoms with van der Waals surface area (Å²) in [4.78, 5) is 14.9. The number of nitro benzene ring substituents is 1. The first kappa shape index (κ1) is 16.1. The van der Waals surface area contributed by atoms with Gasteiger partial charge in [0.1, 0.15) is 0 Å². The fourth-order valence-electron chi connectivity index (χ4n) is 2.83. The number of aliphatic hydroxyl groups excluding tert-OH is 1. The summed E-state index contributed by atoms with van der Waals surface area (Å²) in [5.41, 5.74) is 1.06. The summed E-state index contributed by atoms with van der Waals surface area (Å²) < 4.78 is 2.27. The first-order chi connectivity index (χ1) is 11.1. The minimum atomic E-state index is -0.429. The quantitative estimate of drug-likeness (QED) is 0.482. The molecule has 1 aliphatic heterocycles. The maximum absolute atomic E-state index is 11.2. The van der Waals surface area contributed by atoms with Crippen LogP contribution in [-0.2, 0) is 6.54 Å². The maximum Gasteiger partial charge on any atom is 0.311 e. The number of nitrogens with zero attached hydrogens (tertiary/aromatic N) is 3. The van der Waals surface area contributed by atoms with Gasteiger partial charge < -0.3 is 15.0 Å². The number of nitro groups is 1. The Bertz CT molecular complexity index is 759. The Morgan fingerprint density at radius 1 is 1.57 bits per heavy atom. The van der Waals surface area contributed by atoms with Crippen molar-refractivity contribution in [2.24, 2.45) is 0 Å². The topological polar surface area (TPSA) is 93.2 Å². The molecule has 0 spiro atoms. The van der Waals surface area contributed by atoms with Crippen LogP contribution in [0.3, 0.4) is 0 Å². The van der Waals surface area contributed by atoms with E-state index in [1.807, 2.05) is 16.7 Å². The number of fused-ring (bicyclic) bond motifs is 1. The lowest BCUT2D eigenvalue weighted by atomic mass is 10.0. The highest BCUT2D eigenvalue weighted by molar-refractivity contribution is 9.10. The van der Waals surface area contributed by atoms with Gasteiger partial charge in [-0.15, -0.1) is 0 Å². The monoisotopic (exact) mass is 380 g/mol. The third-order valence-electron chi connectivity index (χ3n) is 4.02. The van der Waals surface area contributed by atoms with Crippen molar-refractivity contribution in [1.29, 1.82) is 0 Å². The van der Waals surface area contributed by atoms with Crippen LogP contribution in [0.4, 0.5) is 5.69 Å². The van der Waals surface area contributed by atoms with Crippen LogP contribution in [-0.4, -0.2) is 38.3 Å². The number of aliphatic hydroxyl groups is 1. The van der Waals surface area contributed by atoms with E-state index in [0.29, 0.717) is 22.1 Å². The van der Waals surface area contributed by atoms with E-state index in [4.69, 9.17) is 0 Å². The highest BCUT2D eigenvalue weighted by Crippen LogP contribution is 2.32. The molecular weight excluding hydrogens is 364 g/mol. The molecule has 2 atom stereocenters. The van der Waals surface area contributed by atoms with Gasteiger partial charge in [-0.1, -0.05) is 12.2 Å².